The maximum atomic E-state index is 10.1. The van der Waals surface area contributed by atoms with Crippen molar-refractivity contribution in [1.82, 2.24) is 0 Å². The summed E-state index contributed by atoms with van der Waals surface area (Å²) in [4.78, 5) is 10.1. The number of carbonyl (C=O) groups excluding carboxylic acids is 1. The quantitative estimate of drug-likeness (QED) is 0.195. The zero-order valence-corrected chi connectivity index (χ0v) is 13.0. The predicted octanol–water partition coefficient (Wildman–Crippen LogP) is 6.22. The van der Waals surface area contributed by atoms with Gasteiger partial charge in [0.25, 0.3) is 0 Å². The third-order valence-corrected chi connectivity index (χ3v) is 3.62. The van der Waals surface area contributed by atoms with E-state index in [0.717, 1.165) is 12.7 Å². The zero-order valence-electron chi connectivity index (χ0n) is 13.0. The first-order valence-electron chi connectivity index (χ1n) is 8.50. The summed E-state index contributed by atoms with van der Waals surface area (Å²) in [7, 11) is 0. The largest absolute Gasteiger partial charge is 0.303 e. The van der Waals surface area contributed by atoms with Gasteiger partial charge in [0.15, 0.2) is 0 Å². The van der Waals surface area contributed by atoms with Crippen LogP contribution < -0.4 is 0 Å². The maximum Gasteiger partial charge on any atom is 0.123 e. The molecule has 112 valence electrons. The van der Waals surface area contributed by atoms with Crippen molar-refractivity contribution in [3.05, 3.63) is 12.2 Å². The van der Waals surface area contributed by atoms with Crippen molar-refractivity contribution in [2.45, 2.75) is 96.8 Å². The SMILES string of the molecule is CCCCCCCCCCCCCCC=CCC=O. The third kappa shape index (κ3) is 17.4. The molecule has 0 amide bonds. The van der Waals surface area contributed by atoms with E-state index >= 15 is 0 Å². The highest BCUT2D eigenvalue weighted by atomic mass is 16.1. The zero-order chi connectivity index (χ0) is 14.0. The molecule has 0 atom stereocenters. The van der Waals surface area contributed by atoms with E-state index in [1.807, 2.05) is 6.08 Å². The third-order valence-electron chi connectivity index (χ3n) is 3.62. The molecule has 0 N–H and O–H groups in total. The van der Waals surface area contributed by atoms with Gasteiger partial charge in [-0.05, 0) is 12.8 Å². The van der Waals surface area contributed by atoms with E-state index < -0.39 is 0 Å². The lowest BCUT2D eigenvalue weighted by atomic mass is 10.0. The Morgan fingerprint density at radius 3 is 1.58 bits per heavy atom. The minimum absolute atomic E-state index is 0.582. The predicted molar refractivity (Wildman–Crippen MR) is 85.5 cm³/mol. The Kier molecular flexibility index (Phi) is 16.9. The van der Waals surface area contributed by atoms with E-state index in [-0.39, 0.29) is 0 Å². The Morgan fingerprint density at radius 1 is 0.632 bits per heavy atom. The molecule has 0 saturated heterocycles. The Morgan fingerprint density at radius 2 is 1.11 bits per heavy atom. The highest BCUT2D eigenvalue weighted by Gasteiger charge is 1.92. The van der Waals surface area contributed by atoms with E-state index in [2.05, 4.69) is 13.0 Å². The number of hydrogen-bond acceptors (Lipinski definition) is 1. The Balaban J connectivity index is 2.97. The molecular weight excluding hydrogens is 232 g/mol. The first-order chi connectivity index (χ1) is 9.41. The van der Waals surface area contributed by atoms with Crippen molar-refractivity contribution in [3.8, 4) is 0 Å². The molecule has 0 fully saturated rings. The van der Waals surface area contributed by atoms with Crippen LogP contribution in [0, 0.1) is 0 Å². The molecule has 1 heteroatoms. The fourth-order valence-corrected chi connectivity index (χ4v) is 2.37. The van der Waals surface area contributed by atoms with Gasteiger partial charge in [0.1, 0.15) is 6.29 Å². The average Bonchev–Trinajstić information content (AvgIpc) is 2.43. The summed E-state index contributed by atoms with van der Waals surface area (Å²) in [5.74, 6) is 0. The van der Waals surface area contributed by atoms with Crippen LogP contribution in [0.25, 0.3) is 0 Å². The molecule has 0 spiro atoms. The minimum Gasteiger partial charge on any atom is -0.303 e. The highest BCUT2D eigenvalue weighted by molar-refractivity contribution is 5.51. The van der Waals surface area contributed by atoms with Crippen LogP contribution in [-0.4, -0.2) is 6.29 Å². The van der Waals surface area contributed by atoms with Crippen molar-refractivity contribution in [2.75, 3.05) is 0 Å². The van der Waals surface area contributed by atoms with Crippen LogP contribution in [0.1, 0.15) is 96.8 Å². The number of rotatable bonds is 15. The molecule has 0 aromatic rings. The maximum absolute atomic E-state index is 10.1. The first-order valence-corrected chi connectivity index (χ1v) is 8.50. The van der Waals surface area contributed by atoms with Crippen LogP contribution >= 0.6 is 0 Å². The van der Waals surface area contributed by atoms with E-state index in [1.54, 1.807) is 0 Å². The molecule has 0 aliphatic rings. The number of carbonyl (C=O) groups is 1. The molecule has 0 bridgehead atoms. The molecule has 0 radical (unpaired) electrons. The molecule has 0 aromatic carbocycles. The van der Waals surface area contributed by atoms with Crippen LogP contribution in [0.5, 0.6) is 0 Å². The molecule has 19 heavy (non-hydrogen) atoms. The van der Waals surface area contributed by atoms with Crippen molar-refractivity contribution >= 4 is 6.29 Å². The van der Waals surface area contributed by atoms with Gasteiger partial charge in [-0.3, -0.25) is 0 Å². The summed E-state index contributed by atoms with van der Waals surface area (Å²) >= 11 is 0. The monoisotopic (exact) mass is 266 g/mol. The minimum atomic E-state index is 0.582. The van der Waals surface area contributed by atoms with Gasteiger partial charge in [-0.2, -0.15) is 0 Å². The van der Waals surface area contributed by atoms with Gasteiger partial charge in [-0.15, -0.1) is 0 Å². The normalized spacial score (nSPS) is 11.2. The number of aldehydes is 1. The Labute approximate surface area is 120 Å². The lowest BCUT2D eigenvalue weighted by Crippen LogP contribution is -1.82. The Hall–Kier alpha value is -0.590. The summed E-state index contributed by atoms with van der Waals surface area (Å²) in [6.07, 6.45) is 23.6. The van der Waals surface area contributed by atoms with E-state index in [4.69, 9.17) is 0 Å². The number of unbranched alkanes of at least 4 members (excludes halogenated alkanes) is 12. The first kappa shape index (κ1) is 18.4. The molecule has 0 rings (SSSR count). The second-order valence-electron chi connectivity index (χ2n) is 5.55. The van der Waals surface area contributed by atoms with Gasteiger partial charge in [-0.25, -0.2) is 0 Å². The van der Waals surface area contributed by atoms with Gasteiger partial charge in [0.05, 0.1) is 0 Å². The molecular formula is C18H34O. The standard InChI is InChI=1S/C18H34O/c1-2-3-4-5-6-7-8-9-10-11-12-13-14-15-16-17-18-19/h15-16,18H,2-14,17H2,1H3. The molecule has 0 aliphatic carbocycles. The van der Waals surface area contributed by atoms with Crippen molar-refractivity contribution < 1.29 is 4.79 Å². The second-order valence-corrected chi connectivity index (χ2v) is 5.55. The summed E-state index contributed by atoms with van der Waals surface area (Å²) in [6.45, 7) is 2.28. The van der Waals surface area contributed by atoms with Crippen LogP contribution in [0.2, 0.25) is 0 Å². The van der Waals surface area contributed by atoms with Gasteiger partial charge in [-0.1, -0.05) is 89.7 Å². The van der Waals surface area contributed by atoms with Crippen molar-refractivity contribution in [1.29, 1.82) is 0 Å². The van der Waals surface area contributed by atoms with E-state index in [1.165, 1.54) is 77.0 Å². The fraction of sp³-hybridized carbons (Fsp3) is 0.833. The number of allylic oxidation sites excluding steroid dienone is 2. The highest BCUT2D eigenvalue weighted by Crippen LogP contribution is 2.12. The number of hydrogen-bond donors (Lipinski definition) is 0. The molecule has 0 aliphatic heterocycles. The van der Waals surface area contributed by atoms with E-state index in [9.17, 15) is 4.79 Å². The van der Waals surface area contributed by atoms with Gasteiger partial charge in [0, 0.05) is 6.42 Å². The molecule has 0 saturated carbocycles. The summed E-state index contributed by atoms with van der Waals surface area (Å²) in [6, 6.07) is 0. The summed E-state index contributed by atoms with van der Waals surface area (Å²) in [5, 5.41) is 0. The van der Waals surface area contributed by atoms with E-state index in [0.29, 0.717) is 6.42 Å². The van der Waals surface area contributed by atoms with Crippen molar-refractivity contribution in [3.63, 3.8) is 0 Å². The van der Waals surface area contributed by atoms with Crippen LogP contribution in [0.4, 0.5) is 0 Å². The van der Waals surface area contributed by atoms with Gasteiger partial charge < -0.3 is 4.79 Å². The van der Waals surface area contributed by atoms with Crippen LogP contribution in [0.15, 0.2) is 12.2 Å². The summed E-state index contributed by atoms with van der Waals surface area (Å²) in [5.41, 5.74) is 0. The molecule has 0 aromatic heterocycles. The molecule has 0 unspecified atom stereocenters. The van der Waals surface area contributed by atoms with Crippen LogP contribution in [0.3, 0.4) is 0 Å². The van der Waals surface area contributed by atoms with Gasteiger partial charge in [0.2, 0.25) is 0 Å². The average molecular weight is 266 g/mol. The summed E-state index contributed by atoms with van der Waals surface area (Å²) < 4.78 is 0. The second kappa shape index (κ2) is 17.4. The smallest absolute Gasteiger partial charge is 0.123 e. The topological polar surface area (TPSA) is 17.1 Å². The molecule has 1 nitrogen and oxygen atoms in total. The van der Waals surface area contributed by atoms with Crippen molar-refractivity contribution in [2.24, 2.45) is 0 Å². The lowest BCUT2D eigenvalue weighted by molar-refractivity contribution is -0.107. The fourth-order valence-electron chi connectivity index (χ4n) is 2.37. The van der Waals surface area contributed by atoms with Gasteiger partial charge >= 0.3 is 0 Å². The Bertz CT molecular complexity index is 196. The molecule has 0 heterocycles. The lowest BCUT2D eigenvalue weighted by Gasteiger charge is -2.02. The van der Waals surface area contributed by atoms with Crippen LogP contribution in [-0.2, 0) is 4.79 Å².